The molecule has 2 fully saturated rings. The molecule has 2 aromatic rings. The van der Waals surface area contributed by atoms with Crippen molar-refractivity contribution in [2.45, 2.75) is 50.9 Å². The van der Waals surface area contributed by atoms with Crippen molar-refractivity contribution < 1.29 is 9.84 Å². The van der Waals surface area contributed by atoms with E-state index in [0.717, 1.165) is 62.6 Å². The SMILES string of the molecule is Cc1nc2sccn2c1CN1CCC2(CC1)OCCC[C@H]2O. The molecule has 0 saturated carbocycles. The molecule has 22 heavy (non-hydrogen) atoms. The lowest BCUT2D eigenvalue weighted by Gasteiger charge is -2.46. The van der Waals surface area contributed by atoms with E-state index in [1.807, 2.05) is 0 Å². The van der Waals surface area contributed by atoms with Gasteiger partial charge in [-0.05, 0) is 32.6 Å². The molecule has 0 unspecified atom stereocenters. The summed E-state index contributed by atoms with van der Waals surface area (Å²) in [6.07, 6.45) is 5.55. The van der Waals surface area contributed by atoms with Gasteiger partial charge >= 0.3 is 0 Å². The standard InChI is InChI=1S/C16H23N3O2S/c1-12-13(19-8-10-22-15(19)17-12)11-18-6-4-16(5-7-18)14(20)3-2-9-21-16/h8,10,14,20H,2-7,9,11H2,1H3/t14-/m1/s1. The Morgan fingerprint density at radius 1 is 1.45 bits per heavy atom. The number of likely N-dealkylation sites (tertiary alicyclic amines) is 1. The Labute approximate surface area is 134 Å². The van der Waals surface area contributed by atoms with Crippen LogP contribution in [0.1, 0.15) is 37.1 Å². The smallest absolute Gasteiger partial charge is 0.194 e. The van der Waals surface area contributed by atoms with Gasteiger partial charge in [0.15, 0.2) is 4.96 Å². The van der Waals surface area contributed by atoms with Gasteiger partial charge < -0.3 is 9.84 Å². The quantitative estimate of drug-likeness (QED) is 0.921. The molecule has 1 spiro atoms. The maximum absolute atomic E-state index is 10.3. The largest absolute Gasteiger partial charge is 0.390 e. The maximum atomic E-state index is 10.3. The average molecular weight is 321 g/mol. The Balaban J connectivity index is 1.46. The van der Waals surface area contributed by atoms with Crippen LogP contribution in [0.3, 0.4) is 0 Å². The molecule has 1 atom stereocenters. The van der Waals surface area contributed by atoms with Gasteiger partial charge in [0, 0.05) is 37.8 Å². The molecular formula is C16H23N3O2S. The first-order valence-corrected chi connectivity index (χ1v) is 9.01. The first-order valence-electron chi connectivity index (χ1n) is 8.13. The summed E-state index contributed by atoms with van der Waals surface area (Å²) in [5.74, 6) is 0. The molecule has 2 aromatic heterocycles. The summed E-state index contributed by atoms with van der Waals surface area (Å²) < 4.78 is 8.20. The summed E-state index contributed by atoms with van der Waals surface area (Å²) in [4.78, 5) is 8.16. The highest BCUT2D eigenvalue weighted by Crippen LogP contribution is 2.35. The highest BCUT2D eigenvalue weighted by molar-refractivity contribution is 7.15. The number of fused-ring (bicyclic) bond motifs is 1. The highest BCUT2D eigenvalue weighted by atomic mass is 32.1. The maximum Gasteiger partial charge on any atom is 0.194 e. The number of hydrogen-bond donors (Lipinski definition) is 1. The van der Waals surface area contributed by atoms with Crippen LogP contribution in [0.15, 0.2) is 11.6 Å². The normalized spacial score (nSPS) is 26.0. The highest BCUT2D eigenvalue weighted by Gasteiger charge is 2.43. The van der Waals surface area contributed by atoms with Gasteiger partial charge in [-0.1, -0.05) is 0 Å². The van der Waals surface area contributed by atoms with Crippen molar-refractivity contribution in [2.75, 3.05) is 19.7 Å². The van der Waals surface area contributed by atoms with Crippen molar-refractivity contribution >= 4 is 16.3 Å². The topological polar surface area (TPSA) is 50.0 Å². The molecule has 0 aromatic carbocycles. The Morgan fingerprint density at radius 2 is 2.27 bits per heavy atom. The number of ether oxygens (including phenoxy) is 1. The van der Waals surface area contributed by atoms with Gasteiger partial charge in [-0.2, -0.15) is 0 Å². The number of aromatic nitrogens is 2. The fourth-order valence-corrected chi connectivity index (χ4v) is 4.60. The van der Waals surface area contributed by atoms with Crippen LogP contribution in [0.2, 0.25) is 0 Å². The number of rotatable bonds is 2. The van der Waals surface area contributed by atoms with Crippen LogP contribution in [0.4, 0.5) is 0 Å². The minimum Gasteiger partial charge on any atom is -0.390 e. The van der Waals surface area contributed by atoms with E-state index >= 15 is 0 Å². The molecule has 2 aliphatic heterocycles. The second-order valence-corrected chi connectivity index (χ2v) is 7.42. The molecule has 1 N–H and O–H groups in total. The summed E-state index contributed by atoms with van der Waals surface area (Å²) >= 11 is 1.68. The number of imidazole rings is 1. The van der Waals surface area contributed by atoms with E-state index in [1.165, 1.54) is 5.69 Å². The van der Waals surface area contributed by atoms with Crippen molar-refractivity contribution in [1.29, 1.82) is 0 Å². The zero-order valence-corrected chi connectivity index (χ0v) is 13.8. The van der Waals surface area contributed by atoms with Gasteiger partial charge in [0.1, 0.15) is 0 Å². The molecule has 120 valence electrons. The van der Waals surface area contributed by atoms with Crippen LogP contribution in [0.25, 0.3) is 4.96 Å². The van der Waals surface area contributed by atoms with E-state index in [4.69, 9.17) is 4.74 Å². The van der Waals surface area contributed by atoms with Gasteiger partial charge in [-0.25, -0.2) is 4.98 Å². The summed E-state index contributed by atoms with van der Waals surface area (Å²) in [5.41, 5.74) is 2.14. The summed E-state index contributed by atoms with van der Waals surface area (Å²) in [7, 11) is 0. The molecule has 2 aliphatic rings. The first kappa shape index (κ1) is 14.6. The predicted octanol–water partition coefficient (Wildman–Crippen LogP) is 2.21. The Hall–Kier alpha value is -0.950. The first-order chi connectivity index (χ1) is 10.7. The number of aliphatic hydroxyl groups is 1. The monoisotopic (exact) mass is 321 g/mol. The second kappa shape index (κ2) is 5.60. The number of aryl methyl sites for hydroxylation is 1. The van der Waals surface area contributed by atoms with E-state index in [1.54, 1.807) is 11.3 Å². The number of hydrogen-bond acceptors (Lipinski definition) is 5. The molecule has 5 nitrogen and oxygen atoms in total. The zero-order chi connectivity index (χ0) is 15.2. The molecular weight excluding hydrogens is 298 g/mol. The summed E-state index contributed by atoms with van der Waals surface area (Å²) in [6.45, 7) is 5.78. The zero-order valence-electron chi connectivity index (χ0n) is 13.0. The van der Waals surface area contributed by atoms with Crippen LogP contribution in [-0.2, 0) is 11.3 Å². The average Bonchev–Trinajstić information content (AvgIpc) is 3.07. The van der Waals surface area contributed by atoms with Crippen molar-refractivity contribution in [3.63, 3.8) is 0 Å². The van der Waals surface area contributed by atoms with Crippen LogP contribution in [0, 0.1) is 6.92 Å². The third-order valence-electron chi connectivity index (χ3n) is 5.26. The van der Waals surface area contributed by atoms with E-state index in [2.05, 4.69) is 32.8 Å². The van der Waals surface area contributed by atoms with Crippen LogP contribution in [0.5, 0.6) is 0 Å². The lowest BCUT2D eigenvalue weighted by Crippen LogP contribution is -2.55. The molecule has 0 radical (unpaired) electrons. The molecule has 4 rings (SSSR count). The number of aliphatic hydroxyl groups excluding tert-OH is 1. The van der Waals surface area contributed by atoms with Crippen LogP contribution >= 0.6 is 11.3 Å². The minimum absolute atomic E-state index is 0.279. The molecule has 2 saturated heterocycles. The molecule has 0 bridgehead atoms. The molecule has 4 heterocycles. The Bertz CT molecular complexity index is 657. The van der Waals surface area contributed by atoms with Crippen molar-refractivity contribution in [2.24, 2.45) is 0 Å². The van der Waals surface area contributed by atoms with E-state index in [9.17, 15) is 5.11 Å². The second-order valence-electron chi connectivity index (χ2n) is 6.55. The van der Waals surface area contributed by atoms with E-state index < -0.39 is 0 Å². The fourth-order valence-electron chi connectivity index (χ4n) is 3.82. The number of piperidine rings is 1. The van der Waals surface area contributed by atoms with E-state index in [-0.39, 0.29) is 11.7 Å². The Kier molecular flexibility index (Phi) is 3.72. The lowest BCUT2D eigenvalue weighted by molar-refractivity contribution is -0.177. The lowest BCUT2D eigenvalue weighted by atomic mass is 9.82. The number of thiazole rings is 1. The third kappa shape index (κ3) is 2.38. The molecule has 0 aliphatic carbocycles. The molecule has 0 amide bonds. The summed E-state index contributed by atoms with van der Waals surface area (Å²) in [5, 5.41) is 12.4. The fraction of sp³-hybridized carbons (Fsp3) is 0.688. The van der Waals surface area contributed by atoms with Crippen molar-refractivity contribution in [3.05, 3.63) is 23.0 Å². The van der Waals surface area contributed by atoms with E-state index in [0.29, 0.717) is 0 Å². The van der Waals surface area contributed by atoms with Gasteiger partial charge in [-0.15, -0.1) is 11.3 Å². The predicted molar refractivity (Wildman–Crippen MR) is 86.2 cm³/mol. The van der Waals surface area contributed by atoms with Gasteiger partial charge in [-0.3, -0.25) is 9.30 Å². The van der Waals surface area contributed by atoms with Crippen LogP contribution < -0.4 is 0 Å². The van der Waals surface area contributed by atoms with Gasteiger partial charge in [0.25, 0.3) is 0 Å². The summed E-state index contributed by atoms with van der Waals surface area (Å²) in [6, 6.07) is 0. The van der Waals surface area contributed by atoms with Crippen molar-refractivity contribution in [3.8, 4) is 0 Å². The third-order valence-corrected chi connectivity index (χ3v) is 6.01. The molecule has 6 heteroatoms. The Morgan fingerprint density at radius 3 is 3.05 bits per heavy atom. The van der Waals surface area contributed by atoms with Crippen molar-refractivity contribution in [1.82, 2.24) is 14.3 Å². The van der Waals surface area contributed by atoms with Gasteiger partial charge in [0.2, 0.25) is 0 Å². The minimum atomic E-state index is -0.288. The van der Waals surface area contributed by atoms with Gasteiger partial charge in [0.05, 0.1) is 23.1 Å². The van der Waals surface area contributed by atoms with Crippen LogP contribution in [-0.4, -0.2) is 50.8 Å². The number of nitrogens with zero attached hydrogens (tertiary/aromatic N) is 3.